The van der Waals surface area contributed by atoms with Gasteiger partial charge in [0.2, 0.25) is 0 Å². The highest BCUT2D eigenvalue weighted by molar-refractivity contribution is 5.49. The van der Waals surface area contributed by atoms with Gasteiger partial charge in [-0.25, -0.2) is 0 Å². The largest absolute Gasteiger partial charge is 0.103 e. The van der Waals surface area contributed by atoms with Crippen LogP contribution in [0.25, 0.3) is 6.08 Å². The van der Waals surface area contributed by atoms with Crippen molar-refractivity contribution in [3.8, 4) is 0 Å². The normalized spacial score (nSPS) is 17.2. The molecule has 2 aromatic carbocycles. The van der Waals surface area contributed by atoms with Crippen LogP contribution in [-0.2, 0) is 19.3 Å². The van der Waals surface area contributed by atoms with E-state index in [1.807, 2.05) is 6.08 Å². The fraction of sp³-hybridized carbons (Fsp3) is 0.304. The molecule has 0 bridgehead atoms. The van der Waals surface area contributed by atoms with Crippen molar-refractivity contribution in [3.63, 3.8) is 0 Å². The third-order valence-electron chi connectivity index (χ3n) is 4.90. The summed E-state index contributed by atoms with van der Waals surface area (Å²) in [6.07, 6.45) is 12.1. The van der Waals surface area contributed by atoms with Crippen molar-refractivity contribution in [1.29, 1.82) is 0 Å². The maximum atomic E-state index is 3.82. The predicted octanol–water partition coefficient (Wildman–Crippen LogP) is 6.11. The van der Waals surface area contributed by atoms with Crippen molar-refractivity contribution >= 4 is 6.08 Å². The molecule has 0 amide bonds. The molecule has 2 aromatic rings. The monoisotopic (exact) mass is 302 g/mol. The van der Waals surface area contributed by atoms with Crippen LogP contribution >= 0.6 is 0 Å². The minimum absolute atomic E-state index is 0.668. The minimum Gasteiger partial charge on any atom is -0.103 e. The zero-order valence-corrected chi connectivity index (χ0v) is 14.1. The minimum atomic E-state index is 0.668. The summed E-state index contributed by atoms with van der Waals surface area (Å²) in [7, 11) is 0. The second kappa shape index (κ2) is 7.46. The highest BCUT2D eigenvalue weighted by atomic mass is 14.2. The molecule has 0 saturated carbocycles. The van der Waals surface area contributed by atoms with Gasteiger partial charge in [-0.1, -0.05) is 60.7 Å². The Morgan fingerprint density at radius 3 is 2.65 bits per heavy atom. The predicted molar refractivity (Wildman–Crippen MR) is 101 cm³/mol. The molecule has 0 saturated heterocycles. The van der Waals surface area contributed by atoms with Crippen LogP contribution in [-0.4, -0.2) is 0 Å². The fourth-order valence-corrected chi connectivity index (χ4v) is 3.59. The van der Waals surface area contributed by atoms with E-state index in [1.165, 1.54) is 36.0 Å². The number of benzene rings is 2. The van der Waals surface area contributed by atoms with Gasteiger partial charge in [0.05, 0.1) is 0 Å². The van der Waals surface area contributed by atoms with E-state index in [0.717, 1.165) is 12.8 Å². The van der Waals surface area contributed by atoms with Crippen molar-refractivity contribution in [1.82, 2.24) is 0 Å². The van der Waals surface area contributed by atoms with E-state index in [1.54, 1.807) is 11.1 Å². The van der Waals surface area contributed by atoms with E-state index in [0.29, 0.717) is 5.92 Å². The molecule has 0 aromatic heterocycles. The summed E-state index contributed by atoms with van der Waals surface area (Å²) in [6.45, 7) is 5.89. The zero-order valence-electron chi connectivity index (χ0n) is 14.1. The summed E-state index contributed by atoms with van der Waals surface area (Å²) in [6, 6.07) is 16.2. The Bertz CT molecular complexity index is 688. The van der Waals surface area contributed by atoms with Crippen molar-refractivity contribution < 1.29 is 0 Å². The molecule has 23 heavy (non-hydrogen) atoms. The van der Waals surface area contributed by atoms with E-state index < -0.39 is 0 Å². The zero-order chi connectivity index (χ0) is 16.1. The number of hydrogen-bond acceptors (Lipinski definition) is 0. The molecule has 3 rings (SSSR count). The van der Waals surface area contributed by atoms with Crippen LogP contribution in [0.5, 0.6) is 0 Å². The summed E-state index contributed by atoms with van der Waals surface area (Å²) in [4.78, 5) is 0. The van der Waals surface area contributed by atoms with Crippen LogP contribution in [0.1, 0.15) is 53.5 Å². The molecule has 0 radical (unpaired) electrons. The van der Waals surface area contributed by atoms with E-state index >= 15 is 0 Å². The van der Waals surface area contributed by atoms with E-state index in [-0.39, 0.29) is 0 Å². The van der Waals surface area contributed by atoms with Gasteiger partial charge in [-0.15, -0.1) is 6.58 Å². The van der Waals surface area contributed by atoms with Crippen molar-refractivity contribution in [3.05, 3.63) is 89.0 Å². The van der Waals surface area contributed by atoms with Crippen molar-refractivity contribution in [2.45, 2.75) is 44.9 Å². The number of aryl methyl sites for hydroxylation is 2. The third kappa shape index (κ3) is 3.82. The second-order valence-electron chi connectivity index (χ2n) is 6.54. The Balaban J connectivity index is 1.73. The molecular formula is C23H26. The highest BCUT2D eigenvalue weighted by Gasteiger charge is 2.20. The average Bonchev–Trinajstić information content (AvgIpc) is 2.60. The molecule has 0 aliphatic heterocycles. The van der Waals surface area contributed by atoms with Crippen LogP contribution in [0.2, 0.25) is 0 Å². The maximum Gasteiger partial charge on any atom is -0.0118 e. The topological polar surface area (TPSA) is 0 Å². The summed E-state index contributed by atoms with van der Waals surface area (Å²) in [5.41, 5.74) is 7.34. The van der Waals surface area contributed by atoms with Crippen LogP contribution in [0.4, 0.5) is 0 Å². The van der Waals surface area contributed by atoms with Gasteiger partial charge in [0.1, 0.15) is 0 Å². The lowest BCUT2D eigenvalue weighted by Crippen LogP contribution is -2.13. The molecule has 0 fully saturated rings. The third-order valence-corrected chi connectivity index (χ3v) is 4.90. The lowest BCUT2D eigenvalue weighted by atomic mass is 9.79. The molecule has 0 heteroatoms. The Kier molecular flexibility index (Phi) is 5.12. The van der Waals surface area contributed by atoms with E-state index in [2.05, 4.69) is 68.1 Å². The van der Waals surface area contributed by atoms with Gasteiger partial charge in [0.15, 0.2) is 0 Å². The number of rotatable bonds is 5. The second-order valence-corrected chi connectivity index (χ2v) is 6.54. The van der Waals surface area contributed by atoms with Gasteiger partial charge < -0.3 is 0 Å². The molecular weight excluding hydrogens is 276 g/mol. The standard InChI is InChI=1S/C23H26/c1-3-5-7-19-10-13-23-17-22(15-14-21(23)16-19)20-11-8-18(6-4-2)9-12-20/h3-4,6,8-13,16,22H,1,5,7,14-15,17H2,2H3/b6-4+. The smallest absolute Gasteiger partial charge is 0.0118 e. The first-order valence-electron chi connectivity index (χ1n) is 8.74. The maximum absolute atomic E-state index is 3.82. The van der Waals surface area contributed by atoms with Gasteiger partial charge in [-0.3, -0.25) is 0 Å². The SMILES string of the molecule is C=CCCc1ccc2c(c1)CCC(c1ccc(/C=C/C)cc1)C2. The van der Waals surface area contributed by atoms with E-state index in [9.17, 15) is 0 Å². The highest BCUT2D eigenvalue weighted by Crippen LogP contribution is 2.33. The summed E-state index contributed by atoms with van der Waals surface area (Å²) < 4.78 is 0. The summed E-state index contributed by atoms with van der Waals surface area (Å²) >= 11 is 0. The molecule has 118 valence electrons. The Hall–Kier alpha value is -2.08. The van der Waals surface area contributed by atoms with Gasteiger partial charge in [0, 0.05) is 0 Å². The molecule has 0 heterocycles. The van der Waals surface area contributed by atoms with Crippen LogP contribution in [0.15, 0.2) is 61.2 Å². The number of fused-ring (bicyclic) bond motifs is 1. The van der Waals surface area contributed by atoms with Gasteiger partial charge >= 0.3 is 0 Å². The van der Waals surface area contributed by atoms with Gasteiger partial charge in [-0.2, -0.15) is 0 Å². The molecule has 1 aliphatic rings. The first kappa shape index (κ1) is 15.8. The lowest BCUT2D eigenvalue weighted by Gasteiger charge is -2.25. The van der Waals surface area contributed by atoms with Crippen LogP contribution < -0.4 is 0 Å². The number of allylic oxidation sites excluding steroid dienone is 2. The molecule has 1 unspecified atom stereocenters. The van der Waals surface area contributed by atoms with Crippen molar-refractivity contribution in [2.75, 3.05) is 0 Å². The molecule has 1 atom stereocenters. The quantitative estimate of drug-likeness (QED) is 0.584. The van der Waals surface area contributed by atoms with E-state index in [4.69, 9.17) is 0 Å². The molecule has 1 aliphatic carbocycles. The Morgan fingerprint density at radius 1 is 1.09 bits per heavy atom. The Morgan fingerprint density at radius 2 is 1.91 bits per heavy atom. The van der Waals surface area contributed by atoms with Gasteiger partial charge in [0.25, 0.3) is 0 Å². The number of hydrogen-bond donors (Lipinski definition) is 0. The Labute approximate surface area is 140 Å². The van der Waals surface area contributed by atoms with Gasteiger partial charge in [-0.05, 0) is 72.8 Å². The van der Waals surface area contributed by atoms with Crippen LogP contribution in [0.3, 0.4) is 0 Å². The average molecular weight is 302 g/mol. The first-order valence-corrected chi connectivity index (χ1v) is 8.74. The van der Waals surface area contributed by atoms with Crippen LogP contribution in [0, 0.1) is 0 Å². The summed E-state index contributed by atoms with van der Waals surface area (Å²) in [5.74, 6) is 0.668. The molecule has 0 nitrogen and oxygen atoms in total. The van der Waals surface area contributed by atoms with Crippen molar-refractivity contribution in [2.24, 2.45) is 0 Å². The lowest BCUT2D eigenvalue weighted by molar-refractivity contribution is 0.584. The fourth-order valence-electron chi connectivity index (χ4n) is 3.59. The molecule has 0 spiro atoms. The summed E-state index contributed by atoms with van der Waals surface area (Å²) in [5, 5.41) is 0. The first-order chi connectivity index (χ1) is 11.3. The molecule has 0 N–H and O–H groups in total.